The molecule has 5 heteroatoms. The maximum atomic E-state index is 11.1. The molecule has 17 heavy (non-hydrogen) atoms. The Labute approximate surface area is 103 Å². The highest BCUT2D eigenvalue weighted by Gasteiger charge is 2.16. The molecule has 0 aliphatic rings. The minimum absolute atomic E-state index is 0.0288. The summed E-state index contributed by atoms with van der Waals surface area (Å²) in [6.45, 7) is 0.537. The van der Waals surface area contributed by atoms with Crippen molar-refractivity contribution >= 4 is 23.0 Å². The molecular formula is C12H11ClN2O2. The lowest BCUT2D eigenvalue weighted by Crippen LogP contribution is -2.37. The largest absolute Gasteiger partial charge is 0.394 e. The third kappa shape index (κ3) is 2.31. The van der Waals surface area contributed by atoms with Gasteiger partial charge in [0.05, 0.1) is 0 Å². The van der Waals surface area contributed by atoms with Crippen molar-refractivity contribution in [3.05, 3.63) is 55.3 Å². The van der Waals surface area contributed by atoms with Gasteiger partial charge in [-0.1, -0.05) is 23.7 Å². The number of nitrogen functional groups attached to an aromatic ring is 1. The van der Waals surface area contributed by atoms with Crippen molar-refractivity contribution in [1.29, 1.82) is 0 Å². The fraction of sp³-hybridized carbons (Fsp3) is 0.167. The lowest BCUT2D eigenvalue weighted by Gasteiger charge is -2.09. The SMILES string of the molecule is Nc1c(NCCc2cccc(Cl)c2)c(=O)c1=O. The summed E-state index contributed by atoms with van der Waals surface area (Å²) in [4.78, 5) is 22.0. The molecule has 0 saturated carbocycles. The molecule has 0 aliphatic carbocycles. The molecule has 0 fully saturated rings. The van der Waals surface area contributed by atoms with Crippen LogP contribution in [0.1, 0.15) is 5.56 Å². The maximum Gasteiger partial charge on any atom is 0.253 e. The zero-order valence-corrected chi connectivity index (χ0v) is 9.75. The first-order valence-corrected chi connectivity index (χ1v) is 5.54. The first kappa shape index (κ1) is 11.7. The minimum atomic E-state index is -0.602. The van der Waals surface area contributed by atoms with Crippen molar-refractivity contribution in [1.82, 2.24) is 0 Å². The standard InChI is InChI=1S/C12H11ClN2O2/c13-8-3-1-2-7(6-8)4-5-15-10-9(14)11(16)12(10)17/h1-3,6,15H,4-5,14H2. The van der Waals surface area contributed by atoms with E-state index in [1.54, 1.807) is 6.07 Å². The molecule has 2 rings (SSSR count). The summed E-state index contributed by atoms with van der Waals surface area (Å²) < 4.78 is 0. The van der Waals surface area contributed by atoms with Gasteiger partial charge in [-0.3, -0.25) is 9.59 Å². The van der Waals surface area contributed by atoms with Gasteiger partial charge >= 0.3 is 0 Å². The van der Waals surface area contributed by atoms with E-state index in [9.17, 15) is 9.59 Å². The predicted molar refractivity (Wildman–Crippen MR) is 69.4 cm³/mol. The number of nitrogens with two attached hydrogens (primary N) is 1. The van der Waals surface area contributed by atoms with Crippen molar-refractivity contribution in [2.24, 2.45) is 0 Å². The normalized spacial score (nSPS) is 10.6. The van der Waals surface area contributed by atoms with Crippen LogP contribution in [0.4, 0.5) is 11.4 Å². The Morgan fingerprint density at radius 3 is 2.65 bits per heavy atom. The second-order valence-corrected chi connectivity index (χ2v) is 4.19. The molecule has 0 bridgehead atoms. The highest BCUT2D eigenvalue weighted by atomic mass is 35.5. The van der Waals surface area contributed by atoms with E-state index in [1.165, 1.54) is 0 Å². The predicted octanol–water partition coefficient (Wildman–Crippen LogP) is 1.17. The van der Waals surface area contributed by atoms with Gasteiger partial charge < -0.3 is 11.1 Å². The van der Waals surface area contributed by atoms with Gasteiger partial charge in [0.1, 0.15) is 11.4 Å². The van der Waals surface area contributed by atoms with Crippen molar-refractivity contribution in [2.75, 3.05) is 17.6 Å². The molecule has 4 nitrogen and oxygen atoms in total. The Bertz CT molecular complexity index is 615. The van der Waals surface area contributed by atoms with Gasteiger partial charge in [0.15, 0.2) is 0 Å². The van der Waals surface area contributed by atoms with Crippen LogP contribution in [0.3, 0.4) is 0 Å². The zero-order chi connectivity index (χ0) is 12.4. The fourth-order valence-electron chi connectivity index (χ4n) is 1.61. The van der Waals surface area contributed by atoms with Crippen LogP contribution < -0.4 is 21.9 Å². The summed E-state index contributed by atoms with van der Waals surface area (Å²) in [5, 5.41) is 3.54. The Kier molecular flexibility index (Phi) is 3.15. The summed E-state index contributed by atoms with van der Waals surface area (Å²) in [5.74, 6) is 0. The smallest absolute Gasteiger partial charge is 0.253 e. The van der Waals surface area contributed by atoms with E-state index in [0.717, 1.165) is 5.56 Å². The molecule has 88 valence electrons. The lowest BCUT2D eigenvalue weighted by molar-refractivity contribution is 1.01. The highest BCUT2D eigenvalue weighted by Crippen LogP contribution is 2.12. The Morgan fingerprint density at radius 2 is 2.00 bits per heavy atom. The molecule has 3 N–H and O–H groups in total. The number of anilines is 2. The van der Waals surface area contributed by atoms with Crippen molar-refractivity contribution in [2.45, 2.75) is 6.42 Å². The van der Waals surface area contributed by atoms with E-state index in [4.69, 9.17) is 17.3 Å². The second kappa shape index (κ2) is 4.59. The van der Waals surface area contributed by atoms with Gasteiger partial charge in [0.2, 0.25) is 0 Å². The Balaban J connectivity index is 1.93. The van der Waals surface area contributed by atoms with E-state index in [1.807, 2.05) is 18.2 Å². The molecule has 0 atom stereocenters. The molecule has 2 aromatic rings. The van der Waals surface area contributed by atoms with E-state index in [-0.39, 0.29) is 11.4 Å². The molecule has 2 aromatic carbocycles. The Morgan fingerprint density at radius 1 is 1.24 bits per heavy atom. The molecule has 0 unspecified atom stereocenters. The van der Waals surface area contributed by atoms with E-state index < -0.39 is 10.9 Å². The average Bonchev–Trinajstić information content (AvgIpc) is 2.33. The third-order valence-electron chi connectivity index (χ3n) is 2.55. The molecule has 0 radical (unpaired) electrons. The van der Waals surface area contributed by atoms with Gasteiger partial charge in [-0.05, 0) is 24.1 Å². The van der Waals surface area contributed by atoms with Crippen LogP contribution >= 0.6 is 11.6 Å². The van der Waals surface area contributed by atoms with E-state index in [0.29, 0.717) is 18.0 Å². The average molecular weight is 251 g/mol. The van der Waals surface area contributed by atoms with Crippen molar-refractivity contribution in [3.63, 3.8) is 0 Å². The quantitative estimate of drug-likeness (QED) is 0.799. The zero-order valence-electron chi connectivity index (χ0n) is 9.00. The summed E-state index contributed by atoms with van der Waals surface area (Å²) in [5.41, 5.74) is 5.57. The molecule has 0 amide bonds. The molecule has 0 spiro atoms. The summed E-state index contributed by atoms with van der Waals surface area (Å²) >= 11 is 5.84. The summed E-state index contributed by atoms with van der Waals surface area (Å²) in [6, 6.07) is 7.46. The van der Waals surface area contributed by atoms with Gasteiger partial charge in [-0.25, -0.2) is 0 Å². The fourth-order valence-corrected chi connectivity index (χ4v) is 1.82. The van der Waals surface area contributed by atoms with Gasteiger partial charge in [-0.2, -0.15) is 0 Å². The molecule has 0 heterocycles. The van der Waals surface area contributed by atoms with Crippen LogP contribution in [-0.2, 0) is 6.42 Å². The van der Waals surface area contributed by atoms with Crippen LogP contribution in [0, 0.1) is 0 Å². The van der Waals surface area contributed by atoms with E-state index >= 15 is 0 Å². The third-order valence-corrected chi connectivity index (χ3v) is 2.79. The van der Waals surface area contributed by atoms with Crippen LogP contribution in [0.2, 0.25) is 5.02 Å². The first-order valence-electron chi connectivity index (χ1n) is 5.16. The second-order valence-electron chi connectivity index (χ2n) is 3.75. The van der Waals surface area contributed by atoms with Crippen molar-refractivity contribution < 1.29 is 0 Å². The number of benzene rings is 1. The van der Waals surface area contributed by atoms with Crippen LogP contribution in [0.5, 0.6) is 0 Å². The minimum Gasteiger partial charge on any atom is -0.394 e. The first-order chi connectivity index (χ1) is 8.09. The van der Waals surface area contributed by atoms with Gasteiger partial charge in [-0.15, -0.1) is 0 Å². The number of hydrogen-bond acceptors (Lipinski definition) is 4. The van der Waals surface area contributed by atoms with Crippen LogP contribution in [0.25, 0.3) is 0 Å². The van der Waals surface area contributed by atoms with Gasteiger partial charge in [0.25, 0.3) is 10.9 Å². The van der Waals surface area contributed by atoms with Crippen molar-refractivity contribution in [3.8, 4) is 0 Å². The monoisotopic (exact) mass is 250 g/mol. The Hall–Kier alpha value is -1.81. The molecule has 0 aromatic heterocycles. The summed E-state index contributed by atoms with van der Waals surface area (Å²) in [7, 11) is 0. The topological polar surface area (TPSA) is 72.2 Å². The van der Waals surface area contributed by atoms with Crippen LogP contribution in [0.15, 0.2) is 33.9 Å². The number of nitrogens with one attached hydrogen (secondary N) is 1. The lowest BCUT2D eigenvalue weighted by atomic mass is 10.1. The number of rotatable bonds is 4. The molecule has 0 saturated heterocycles. The maximum absolute atomic E-state index is 11.1. The number of hydrogen-bond donors (Lipinski definition) is 2. The molecular weight excluding hydrogens is 240 g/mol. The van der Waals surface area contributed by atoms with Crippen LogP contribution in [-0.4, -0.2) is 6.54 Å². The summed E-state index contributed by atoms with van der Waals surface area (Å²) in [6.07, 6.45) is 0.707. The van der Waals surface area contributed by atoms with Gasteiger partial charge in [0, 0.05) is 11.6 Å². The molecule has 0 aliphatic heterocycles. The highest BCUT2D eigenvalue weighted by molar-refractivity contribution is 6.30. The van der Waals surface area contributed by atoms with E-state index in [2.05, 4.69) is 5.32 Å². The number of halogens is 1.